The van der Waals surface area contributed by atoms with Gasteiger partial charge in [-0.15, -0.1) is 0 Å². The molecule has 0 unspecified atom stereocenters. The summed E-state index contributed by atoms with van der Waals surface area (Å²) in [7, 11) is 0. The van der Waals surface area contributed by atoms with E-state index in [1.165, 1.54) is 0 Å². The van der Waals surface area contributed by atoms with Crippen molar-refractivity contribution in [3.05, 3.63) is 100.0 Å². The Bertz CT molecular complexity index is 1320. The lowest BCUT2D eigenvalue weighted by Gasteiger charge is -2.14. The van der Waals surface area contributed by atoms with E-state index in [0.717, 1.165) is 33.4 Å². The van der Waals surface area contributed by atoms with E-state index in [0.29, 0.717) is 28.4 Å². The van der Waals surface area contributed by atoms with Gasteiger partial charge in [-0.05, 0) is 59.1 Å². The summed E-state index contributed by atoms with van der Waals surface area (Å²) in [6.07, 6.45) is 2.30. The number of carbonyl (C=O) groups is 3. The molecule has 8 heteroatoms. The second-order valence-corrected chi connectivity index (χ2v) is 9.01. The Hall–Kier alpha value is -4.04. The summed E-state index contributed by atoms with van der Waals surface area (Å²) < 4.78 is 10.7. The zero-order valence-corrected chi connectivity index (χ0v) is 19.5. The first-order valence-electron chi connectivity index (χ1n) is 11.1. The Morgan fingerprint density at radius 3 is 2.60 bits per heavy atom. The Morgan fingerprint density at radius 1 is 0.971 bits per heavy atom. The average molecular weight is 487 g/mol. The molecule has 0 radical (unpaired) electrons. The number of carbonyl (C=O) groups excluding carboxylic acids is 3. The first-order chi connectivity index (χ1) is 17.1. The fourth-order valence-corrected chi connectivity index (χ4v) is 4.80. The van der Waals surface area contributed by atoms with Crippen molar-refractivity contribution in [3.63, 3.8) is 0 Å². The van der Waals surface area contributed by atoms with Crippen molar-refractivity contribution in [2.45, 2.75) is 6.42 Å². The van der Waals surface area contributed by atoms with Crippen LogP contribution in [0.4, 0.5) is 4.79 Å². The molecule has 0 saturated carbocycles. The third-order valence-corrected chi connectivity index (χ3v) is 6.60. The molecule has 3 amide bonds. The summed E-state index contributed by atoms with van der Waals surface area (Å²) in [5.41, 5.74) is 3.34. The lowest BCUT2D eigenvalue weighted by Crippen LogP contribution is -2.37. The van der Waals surface area contributed by atoms with Crippen molar-refractivity contribution < 1.29 is 23.9 Å². The van der Waals surface area contributed by atoms with Gasteiger partial charge in [0.2, 0.25) is 6.79 Å². The lowest BCUT2D eigenvalue weighted by molar-refractivity contribution is -0.122. The minimum atomic E-state index is -0.378. The maximum absolute atomic E-state index is 12.9. The molecule has 2 heterocycles. The molecule has 0 atom stereocenters. The highest BCUT2D eigenvalue weighted by atomic mass is 32.2. The fourth-order valence-electron chi connectivity index (χ4n) is 3.94. The van der Waals surface area contributed by atoms with Crippen molar-refractivity contribution in [1.82, 2.24) is 10.2 Å². The van der Waals surface area contributed by atoms with E-state index in [9.17, 15) is 14.4 Å². The van der Waals surface area contributed by atoms with Gasteiger partial charge in [0.05, 0.1) is 4.91 Å². The standard InChI is InChI=1S/C27H22N2O5S/c30-25(21-9-5-4-8-20(21)14-18-6-2-1-3-7-18)28-12-13-29-26(31)24(35-27(29)32)16-19-10-11-22-23(15-19)34-17-33-22/h1-11,15-16H,12-14,17H2,(H,28,30)/b24-16+. The molecule has 5 rings (SSSR count). The molecule has 3 aromatic carbocycles. The molecule has 2 aliphatic heterocycles. The maximum Gasteiger partial charge on any atom is 0.293 e. The third kappa shape index (κ3) is 5.07. The number of imide groups is 1. The fraction of sp³-hybridized carbons (Fsp3) is 0.148. The number of benzene rings is 3. The number of hydrogen-bond donors (Lipinski definition) is 1. The van der Waals surface area contributed by atoms with Crippen molar-refractivity contribution in [2.24, 2.45) is 0 Å². The zero-order valence-electron chi connectivity index (χ0n) is 18.7. The van der Waals surface area contributed by atoms with Crippen molar-refractivity contribution in [3.8, 4) is 11.5 Å². The van der Waals surface area contributed by atoms with E-state index in [-0.39, 0.29) is 36.9 Å². The van der Waals surface area contributed by atoms with Crippen LogP contribution in [0.25, 0.3) is 6.08 Å². The Labute approximate surface area is 206 Å². The summed E-state index contributed by atoms with van der Waals surface area (Å²) in [5, 5.41) is 2.48. The Kier molecular flexibility index (Phi) is 6.54. The van der Waals surface area contributed by atoms with Crippen LogP contribution in [-0.2, 0) is 11.2 Å². The first kappa shape index (κ1) is 22.7. The lowest BCUT2D eigenvalue weighted by atomic mass is 9.99. The van der Waals surface area contributed by atoms with E-state index in [1.807, 2.05) is 48.5 Å². The largest absolute Gasteiger partial charge is 0.454 e. The number of nitrogens with one attached hydrogen (secondary N) is 1. The van der Waals surface area contributed by atoms with E-state index in [1.54, 1.807) is 30.3 Å². The number of amides is 3. The number of fused-ring (bicyclic) bond motifs is 1. The van der Waals surface area contributed by atoms with E-state index in [2.05, 4.69) is 5.32 Å². The van der Waals surface area contributed by atoms with Crippen LogP contribution in [0.15, 0.2) is 77.7 Å². The molecule has 1 fully saturated rings. The van der Waals surface area contributed by atoms with Gasteiger partial charge in [-0.1, -0.05) is 54.6 Å². The van der Waals surface area contributed by atoms with Gasteiger partial charge in [-0.25, -0.2) is 0 Å². The second kappa shape index (κ2) is 10.1. The number of hydrogen-bond acceptors (Lipinski definition) is 6. The van der Waals surface area contributed by atoms with Crippen LogP contribution in [0.3, 0.4) is 0 Å². The van der Waals surface area contributed by atoms with Crippen LogP contribution in [0.2, 0.25) is 0 Å². The number of thioether (sulfide) groups is 1. The predicted octanol–water partition coefficient (Wildman–Crippen LogP) is 4.47. The Balaban J connectivity index is 1.20. The van der Waals surface area contributed by atoms with Gasteiger partial charge < -0.3 is 14.8 Å². The van der Waals surface area contributed by atoms with Crippen molar-refractivity contribution >= 4 is 34.9 Å². The molecule has 35 heavy (non-hydrogen) atoms. The number of ether oxygens (including phenoxy) is 2. The van der Waals surface area contributed by atoms with Gasteiger partial charge in [0, 0.05) is 18.7 Å². The molecule has 7 nitrogen and oxygen atoms in total. The molecular formula is C27H22N2O5S. The predicted molar refractivity (Wildman–Crippen MR) is 133 cm³/mol. The molecule has 1 saturated heterocycles. The van der Waals surface area contributed by atoms with Crippen molar-refractivity contribution in [1.29, 1.82) is 0 Å². The molecule has 176 valence electrons. The summed E-state index contributed by atoms with van der Waals surface area (Å²) in [6.45, 7) is 0.418. The molecule has 2 aliphatic rings. The average Bonchev–Trinajstić information content (AvgIpc) is 3.44. The molecule has 0 aromatic heterocycles. The summed E-state index contributed by atoms with van der Waals surface area (Å²) in [6, 6.07) is 22.7. The molecule has 3 aromatic rings. The highest BCUT2D eigenvalue weighted by Crippen LogP contribution is 2.36. The van der Waals surface area contributed by atoms with Crippen molar-refractivity contribution in [2.75, 3.05) is 19.9 Å². The number of rotatable bonds is 7. The van der Waals surface area contributed by atoms with E-state index >= 15 is 0 Å². The van der Waals surface area contributed by atoms with Gasteiger partial charge in [-0.2, -0.15) is 0 Å². The van der Waals surface area contributed by atoms with Gasteiger partial charge in [0.25, 0.3) is 17.1 Å². The summed E-state index contributed by atoms with van der Waals surface area (Å²) in [4.78, 5) is 39.6. The second-order valence-electron chi connectivity index (χ2n) is 8.02. The van der Waals surface area contributed by atoms with Gasteiger partial charge in [0.15, 0.2) is 11.5 Å². The smallest absolute Gasteiger partial charge is 0.293 e. The first-order valence-corrected chi connectivity index (χ1v) is 12.0. The molecule has 0 bridgehead atoms. The zero-order chi connectivity index (χ0) is 24.2. The molecule has 1 N–H and O–H groups in total. The highest BCUT2D eigenvalue weighted by Gasteiger charge is 2.34. The quantitative estimate of drug-likeness (QED) is 0.496. The third-order valence-electron chi connectivity index (χ3n) is 5.69. The summed E-state index contributed by atoms with van der Waals surface area (Å²) in [5.74, 6) is 0.639. The van der Waals surface area contributed by atoms with Gasteiger partial charge >= 0.3 is 0 Å². The number of nitrogens with zero attached hydrogens (tertiary/aromatic N) is 1. The van der Waals surface area contributed by atoms with Crippen LogP contribution in [0.5, 0.6) is 11.5 Å². The minimum Gasteiger partial charge on any atom is -0.454 e. The van der Waals surface area contributed by atoms with Crippen LogP contribution < -0.4 is 14.8 Å². The normalized spacial score (nSPS) is 15.7. The molecule has 0 aliphatic carbocycles. The summed E-state index contributed by atoms with van der Waals surface area (Å²) >= 11 is 0.883. The molecule has 0 spiro atoms. The van der Waals surface area contributed by atoms with E-state index in [4.69, 9.17) is 9.47 Å². The Morgan fingerprint density at radius 2 is 1.74 bits per heavy atom. The van der Waals surface area contributed by atoms with Gasteiger partial charge in [0.1, 0.15) is 0 Å². The van der Waals surface area contributed by atoms with Crippen LogP contribution in [-0.4, -0.2) is 41.8 Å². The topological polar surface area (TPSA) is 84.9 Å². The maximum atomic E-state index is 12.9. The monoisotopic (exact) mass is 486 g/mol. The SMILES string of the molecule is O=C(NCCN1C(=O)S/C(=C/c2ccc3c(c2)OCO3)C1=O)c1ccccc1Cc1ccccc1. The molecular weight excluding hydrogens is 464 g/mol. The highest BCUT2D eigenvalue weighted by molar-refractivity contribution is 8.18. The van der Waals surface area contributed by atoms with Crippen LogP contribution in [0.1, 0.15) is 27.0 Å². The minimum absolute atomic E-state index is 0.0930. The van der Waals surface area contributed by atoms with Crippen LogP contribution in [0, 0.1) is 0 Å². The van der Waals surface area contributed by atoms with Crippen LogP contribution >= 0.6 is 11.8 Å². The van der Waals surface area contributed by atoms with E-state index < -0.39 is 0 Å². The van der Waals surface area contributed by atoms with Gasteiger partial charge in [-0.3, -0.25) is 19.3 Å².